The van der Waals surface area contributed by atoms with E-state index in [1.807, 2.05) is 13.8 Å². The molecule has 0 saturated carbocycles. The van der Waals surface area contributed by atoms with E-state index in [1.54, 1.807) is 0 Å². The number of hydrogen-bond donors (Lipinski definition) is 1. The van der Waals surface area contributed by atoms with Gasteiger partial charge in [-0.1, -0.05) is 6.42 Å². The Kier molecular flexibility index (Phi) is 4.47. The molecule has 0 aliphatic carbocycles. The van der Waals surface area contributed by atoms with Gasteiger partial charge in [0.2, 0.25) is 5.95 Å². The van der Waals surface area contributed by atoms with Crippen LogP contribution in [0.25, 0.3) is 0 Å². The van der Waals surface area contributed by atoms with E-state index in [0.29, 0.717) is 12.0 Å². The van der Waals surface area contributed by atoms with Gasteiger partial charge >= 0.3 is 0 Å². The monoisotopic (exact) mass is 249 g/mol. The lowest BCUT2D eigenvalue weighted by atomic mass is 10.1. The highest BCUT2D eigenvalue weighted by Crippen LogP contribution is 2.10. The summed E-state index contributed by atoms with van der Waals surface area (Å²) in [5.41, 5.74) is 1.84. The first-order chi connectivity index (χ1) is 8.65. The summed E-state index contributed by atoms with van der Waals surface area (Å²) in [4.78, 5) is 6.91. The van der Waals surface area contributed by atoms with Gasteiger partial charge in [0.1, 0.15) is 0 Å². The Morgan fingerprint density at radius 1 is 1.11 bits per heavy atom. The number of hydrogen-bond acceptors (Lipinski definition) is 5. The summed E-state index contributed by atoms with van der Waals surface area (Å²) < 4.78 is 0. The van der Waals surface area contributed by atoms with Crippen molar-refractivity contribution in [3.8, 4) is 0 Å². The predicted molar refractivity (Wildman–Crippen MR) is 72.7 cm³/mol. The maximum Gasteiger partial charge on any atom is 0.243 e. The van der Waals surface area contributed by atoms with Crippen molar-refractivity contribution < 1.29 is 0 Å². The predicted octanol–water partition coefficient (Wildman–Crippen LogP) is 1.77. The molecule has 0 radical (unpaired) electrons. The van der Waals surface area contributed by atoms with E-state index in [9.17, 15) is 0 Å². The molecule has 0 spiro atoms. The molecule has 18 heavy (non-hydrogen) atoms. The van der Waals surface area contributed by atoms with Crippen molar-refractivity contribution in [2.75, 3.05) is 25.0 Å². The molecule has 0 amide bonds. The van der Waals surface area contributed by atoms with Gasteiger partial charge < -0.3 is 10.2 Å². The fraction of sp³-hybridized carbons (Fsp3) is 0.769. The molecule has 1 unspecified atom stereocenters. The minimum absolute atomic E-state index is 0.354. The number of rotatable bonds is 4. The van der Waals surface area contributed by atoms with E-state index in [0.717, 1.165) is 17.9 Å². The normalized spacial score (nSPS) is 18.6. The Bertz CT molecular complexity index is 387. The van der Waals surface area contributed by atoms with Crippen LogP contribution >= 0.6 is 0 Å². The molecule has 1 N–H and O–H groups in total. The molecule has 1 aromatic rings. The van der Waals surface area contributed by atoms with Crippen LogP contribution in [-0.2, 0) is 0 Å². The highest BCUT2D eigenvalue weighted by molar-refractivity contribution is 5.26. The van der Waals surface area contributed by atoms with Crippen LogP contribution in [0.15, 0.2) is 0 Å². The number of piperidine rings is 1. The first kappa shape index (κ1) is 13.2. The molecular formula is C13H23N5. The summed E-state index contributed by atoms with van der Waals surface area (Å²) >= 11 is 0. The summed E-state index contributed by atoms with van der Waals surface area (Å²) in [6, 6.07) is 0.354. The Morgan fingerprint density at radius 3 is 2.50 bits per heavy atom. The zero-order valence-corrected chi connectivity index (χ0v) is 11.6. The number of aromatic nitrogens is 3. The molecule has 0 bridgehead atoms. The van der Waals surface area contributed by atoms with E-state index >= 15 is 0 Å². The van der Waals surface area contributed by atoms with Gasteiger partial charge in [0.15, 0.2) is 0 Å². The van der Waals surface area contributed by atoms with Crippen LogP contribution < -0.4 is 5.32 Å². The van der Waals surface area contributed by atoms with Crippen molar-refractivity contribution in [3.05, 3.63) is 11.4 Å². The van der Waals surface area contributed by atoms with Crippen LogP contribution in [-0.4, -0.2) is 45.8 Å². The Morgan fingerprint density at radius 2 is 1.83 bits per heavy atom. The highest BCUT2D eigenvalue weighted by Gasteiger charge is 2.14. The first-order valence-electron chi connectivity index (χ1n) is 6.82. The average molecular weight is 249 g/mol. The van der Waals surface area contributed by atoms with E-state index < -0.39 is 0 Å². The summed E-state index contributed by atoms with van der Waals surface area (Å²) in [5, 5.41) is 11.5. The number of nitrogens with zero attached hydrogens (tertiary/aromatic N) is 4. The lowest BCUT2D eigenvalue weighted by molar-refractivity contribution is 0.223. The highest BCUT2D eigenvalue weighted by atomic mass is 15.3. The molecule has 100 valence electrons. The van der Waals surface area contributed by atoms with Crippen molar-refractivity contribution in [1.29, 1.82) is 0 Å². The second-order valence-corrected chi connectivity index (χ2v) is 5.21. The van der Waals surface area contributed by atoms with E-state index in [-0.39, 0.29) is 0 Å². The van der Waals surface area contributed by atoms with Gasteiger partial charge in [-0.2, -0.15) is 5.10 Å². The van der Waals surface area contributed by atoms with E-state index in [4.69, 9.17) is 0 Å². The third-order valence-corrected chi connectivity index (χ3v) is 3.45. The van der Waals surface area contributed by atoms with Gasteiger partial charge in [-0.25, -0.2) is 4.98 Å². The molecule has 1 aromatic heterocycles. The Labute approximate surface area is 109 Å². The zero-order valence-electron chi connectivity index (χ0n) is 11.6. The molecule has 5 nitrogen and oxygen atoms in total. The third-order valence-electron chi connectivity index (χ3n) is 3.45. The number of aryl methyl sites for hydroxylation is 2. The summed E-state index contributed by atoms with van der Waals surface area (Å²) in [7, 11) is 0. The van der Waals surface area contributed by atoms with Gasteiger partial charge in [-0.15, -0.1) is 5.10 Å². The number of nitrogens with one attached hydrogen (secondary N) is 1. The molecule has 5 heteroatoms. The number of likely N-dealkylation sites (tertiary alicyclic amines) is 1. The molecule has 1 atom stereocenters. The molecule has 2 heterocycles. The fourth-order valence-corrected chi connectivity index (χ4v) is 2.31. The largest absolute Gasteiger partial charge is 0.349 e. The zero-order chi connectivity index (χ0) is 13.0. The van der Waals surface area contributed by atoms with Crippen LogP contribution in [0, 0.1) is 13.8 Å². The van der Waals surface area contributed by atoms with E-state index in [2.05, 4.69) is 32.3 Å². The van der Waals surface area contributed by atoms with Crippen molar-refractivity contribution in [3.63, 3.8) is 0 Å². The first-order valence-corrected chi connectivity index (χ1v) is 6.82. The quantitative estimate of drug-likeness (QED) is 0.881. The van der Waals surface area contributed by atoms with E-state index in [1.165, 1.54) is 32.4 Å². The second-order valence-electron chi connectivity index (χ2n) is 5.21. The molecule has 1 fully saturated rings. The lowest BCUT2D eigenvalue weighted by Gasteiger charge is -2.29. The van der Waals surface area contributed by atoms with Crippen LogP contribution in [0.3, 0.4) is 0 Å². The lowest BCUT2D eigenvalue weighted by Crippen LogP contribution is -2.38. The molecular weight excluding hydrogens is 226 g/mol. The van der Waals surface area contributed by atoms with Crippen LogP contribution in [0.1, 0.15) is 37.6 Å². The fourth-order valence-electron chi connectivity index (χ4n) is 2.31. The van der Waals surface area contributed by atoms with Crippen molar-refractivity contribution >= 4 is 5.95 Å². The maximum atomic E-state index is 4.40. The van der Waals surface area contributed by atoms with Crippen molar-refractivity contribution in [1.82, 2.24) is 20.1 Å². The molecule has 0 aromatic carbocycles. The SMILES string of the molecule is Cc1nnc(NC(C)CN2CCCCC2)nc1C. The Hall–Kier alpha value is -1.23. The van der Waals surface area contributed by atoms with Crippen LogP contribution in [0.5, 0.6) is 0 Å². The van der Waals surface area contributed by atoms with Gasteiger partial charge in [-0.05, 0) is 46.7 Å². The smallest absolute Gasteiger partial charge is 0.243 e. The summed E-state index contributed by atoms with van der Waals surface area (Å²) in [6.07, 6.45) is 4.03. The maximum absolute atomic E-state index is 4.40. The van der Waals surface area contributed by atoms with Crippen molar-refractivity contribution in [2.45, 2.75) is 46.1 Å². The van der Waals surface area contributed by atoms with Crippen LogP contribution in [0.2, 0.25) is 0 Å². The number of anilines is 1. The molecule has 1 aliphatic rings. The summed E-state index contributed by atoms with van der Waals surface area (Å²) in [6.45, 7) is 9.56. The van der Waals surface area contributed by atoms with Crippen molar-refractivity contribution in [2.24, 2.45) is 0 Å². The van der Waals surface area contributed by atoms with Gasteiger partial charge in [0, 0.05) is 12.6 Å². The van der Waals surface area contributed by atoms with Gasteiger partial charge in [-0.3, -0.25) is 0 Å². The minimum Gasteiger partial charge on any atom is -0.349 e. The molecule has 1 aliphatic heterocycles. The topological polar surface area (TPSA) is 53.9 Å². The molecule has 1 saturated heterocycles. The average Bonchev–Trinajstić information content (AvgIpc) is 2.35. The third kappa shape index (κ3) is 3.63. The second kappa shape index (κ2) is 6.09. The minimum atomic E-state index is 0.354. The Balaban J connectivity index is 1.85. The van der Waals surface area contributed by atoms with Gasteiger partial charge in [0.25, 0.3) is 0 Å². The van der Waals surface area contributed by atoms with Crippen LogP contribution in [0.4, 0.5) is 5.95 Å². The summed E-state index contributed by atoms with van der Waals surface area (Å²) in [5.74, 6) is 0.641. The standard InChI is InChI=1S/C13H23N5/c1-10(9-18-7-5-4-6-8-18)14-13-15-11(2)12(3)16-17-13/h10H,4-9H2,1-3H3,(H,14,15,17). The molecule has 2 rings (SSSR count). The van der Waals surface area contributed by atoms with Gasteiger partial charge in [0.05, 0.1) is 11.4 Å².